The lowest BCUT2D eigenvalue weighted by Gasteiger charge is -1.96. The number of ether oxygens (including phenoxy) is 1. The number of hydrogen-bond donors (Lipinski definition) is 0. The molecule has 0 N–H and O–H groups in total. The van der Waals surface area contributed by atoms with E-state index in [0.29, 0.717) is 6.29 Å². The van der Waals surface area contributed by atoms with Crippen molar-refractivity contribution in [3.63, 3.8) is 0 Å². The van der Waals surface area contributed by atoms with Crippen LogP contribution in [0.15, 0.2) is 25.0 Å². The van der Waals surface area contributed by atoms with Crippen molar-refractivity contribution in [3.05, 3.63) is 25.0 Å². The number of esters is 1. The first-order chi connectivity index (χ1) is 4.72. The van der Waals surface area contributed by atoms with Crippen LogP contribution in [0.2, 0.25) is 0 Å². The molecule has 0 atom stereocenters. The molecule has 0 aromatic carbocycles. The van der Waals surface area contributed by atoms with E-state index in [0.717, 1.165) is 6.26 Å². The van der Waals surface area contributed by atoms with E-state index < -0.39 is 5.97 Å². The minimum atomic E-state index is -0.609. The SMILES string of the molecule is C=COC(=O)C(=C)CC=O. The summed E-state index contributed by atoms with van der Waals surface area (Å²) in [5, 5.41) is 0. The van der Waals surface area contributed by atoms with Crippen LogP contribution < -0.4 is 0 Å². The van der Waals surface area contributed by atoms with Gasteiger partial charge in [0, 0.05) is 12.0 Å². The lowest BCUT2D eigenvalue weighted by Crippen LogP contribution is -2.02. The Hall–Kier alpha value is -1.38. The molecule has 0 aromatic rings. The van der Waals surface area contributed by atoms with Crippen LogP contribution >= 0.6 is 0 Å². The second kappa shape index (κ2) is 4.49. The normalized spacial score (nSPS) is 8.00. The minimum Gasteiger partial charge on any atom is -0.432 e. The Morgan fingerprint density at radius 1 is 1.60 bits per heavy atom. The maximum atomic E-state index is 10.6. The second-order valence-corrected chi connectivity index (χ2v) is 1.55. The Bertz CT molecular complexity index is 150. The Labute approximate surface area is 59.0 Å². The van der Waals surface area contributed by atoms with Gasteiger partial charge in [-0.1, -0.05) is 13.2 Å². The predicted octanol–water partition coefficient (Wildman–Crippen LogP) is 0.818. The van der Waals surface area contributed by atoms with Gasteiger partial charge in [0.15, 0.2) is 0 Å². The van der Waals surface area contributed by atoms with E-state index in [1.807, 2.05) is 0 Å². The molecule has 0 aliphatic rings. The van der Waals surface area contributed by atoms with Gasteiger partial charge in [-0.3, -0.25) is 0 Å². The summed E-state index contributed by atoms with van der Waals surface area (Å²) in [5.74, 6) is -0.609. The van der Waals surface area contributed by atoms with Crippen LogP contribution in [0, 0.1) is 0 Å². The monoisotopic (exact) mass is 140 g/mol. The van der Waals surface area contributed by atoms with Crippen molar-refractivity contribution in [1.29, 1.82) is 0 Å². The van der Waals surface area contributed by atoms with E-state index in [1.54, 1.807) is 0 Å². The lowest BCUT2D eigenvalue weighted by atomic mass is 10.2. The maximum absolute atomic E-state index is 10.6. The predicted molar refractivity (Wildman–Crippen MR) is 36.1 cm³/mol. The molecule has 0 fully saturated rings. The zero-order valence-corrected chi connectivity index (χ0v) is 5.50. The van der Waals surface area contributed by atoms with Crippen LogP contribution in [-0.4, -0.2) is 12.3 Å². The molecular formula is C7H8O3. The molecule has 0 saturated carbocycles. The highest BCUT2D eigenvalue weighted by molar-refractivity contribution is 5.91. The number of rotatable bonds is 4. The van der Waals surface area contributed by atoms with Crippen molar-refractivity contribution in [2.24, 2.45) is 0 Å². The molecule has 0 heterocycles. The molecular weight excluding hydrogens is 132 g/mol. The van der Waals surface area contributed by atoms with Gasteiger partial charge in [-0.15, -0.1) is 0 Å². The number of carbonyl (C=O) groups is 2. The summed E-state index contributed by atoms with van der Waals surface area (Å²) in [6.07, 6.45) is 1.59. The Balaban J connectivity index is 3.81. The van der Waals surface area contributed by atoms with Crippen LogP contribution in [0.4, 0.5) is 0 Å². The standard InChI is InChI=1S/C7H8O3/c1-3-10-7(9)6(2)4-5-8/h3,5H,1-2,4H2. The van der Waals surface area contributed by atoms with E-state index in [1.165, 1.54) is 0 Å². The van der Waals surface area contributed by atoms with Crippen LogP contribution in [-0.2, 0) is 14.3 Å². The van der Waals surface area contributed by atoms with E-state index >= 15 is 0 Å². The van der Waals surface area contributed by atoms with Gasteiger partial charge in [0.05, 0.1) is 6.26 Å². The molecule has 10 heavy (non-hydrogen) atoms. The van der Waals surface area contributed by atoms with Crippen molar-refractivity contribution in [3.8, 4) is 0 Å². The van der Waals surface area contributed by atoms with E-state index in [9.17, 15) is 9.59 Å². The number of carbonyl (C=O) groups excluding carboxylic acids is 2. The van der Waals surface area contributed by atoms with Crippen molar-refractivity contribution in [1.82, 2.24) is 0 Å². The molecule has 0 spiro atoms. The average molecular weight is 140 g/mol. The van der Waals surface area contributed by atoms with Crippen LogP contribution in [0.3, 0.4) is 0 Å². The van der Waals surface area contributed by atoms with Crippen molar-refractivity contribution in [2.75, 3.05) is 0 Å². The van der Waals surface area contributed by atoms with E-state index in [4.69, 9.17) is 0 Å². The van der Waals surface area contributed by atoms with Crippen molar-refractivity contribution >= 4 is 12.3 Å². The fraction of sp³-hybridized carbons (Fsp3) is 0.143. The topological polar surface area (TPSA) is 43.4 Å². The summed E-state index contributed by atoms with van der Waals surface area (Å²) in [6.45, 7) is 6.48. The second-order valence-electron chi connectivity index (χ2n) is 1.55. The number of aldehydes is 1. The summed E-state index contributed by atoms with van der Waals surface area (Å²) in [6, 6.07) is 0. The molecule has 0 amide bonds. The summed E-state index contributed by atoms with van der Waals surface area (Å²) in [7, 11) is 0. The first-order valence-electron chi connectivity index (χ1n) is 2.65. The molecule has 54 valence electrons. The molecule has 0 rings (SSSR count). The van der Waals surface area contributed by atoms with Crippen LogP contribution in [0.25, 0.3) is 0 Å². The zero-order chi connectivity index (χ0) is 7.98. The molecule has 3 nitrogen and oxygen atoms in total. The van der Waals surface area contributed by atoms with Crippen LogP contribution in [0.5, 0.6) is 0 Å². The van der Waals surface area contributed by atoms with Gasteiger partial charge >= 0.3 is 5.97 Å². The molecule has 0 saturated heterocycles. The molecule has 3 heteroatoms. The average Bonchev–Trinajstić information content (AvgIpc) is 1.89. The van der Waals surface area contributed by atoms with Crippen molar-refractivity contribution in [2.45, 2.75) is 6.42 Å². The van der Waals surface area contributed by atoms with Crippen molar-refractivity contribution < 1.29 is 14.3 Å². The zero-order valence-electron chi connectivity index (χ0n) is 5.50. The van der Waals surface area contributed by atoms with Gasteiger partial charge in [-0.2, -0.15) is 0 Å². The summed E-state index contributed by atoms with van der Waals surface area (Å²) in [5.41, 5.74) is 0.134. The first-order valence-corrected chi connectivity index (χ1v) is 2.65. The van der Waals surface area contributed by atoms with Gasteiger partial charge in [-0.25, -0.2) is 4.79 Å². The molecule has 0 aliphatic heterocycles. The van der Waals surface area contributed by atoms with E-state index in [2.05, 4.69) is 17.9 Å². The third-order valence-electron chi connectivity index (χ3n) is 0.809. The Morgan fingerprint density at radius 2 is 2.20 bits per heavy atom. The van der Waals surface area contributed by atoms with Gasteiger partial charge < -0.3 is 9.53 Å². The molecule has 0 aromatic heterocycles. The summed E-state index contributed by atoms with van der Waals surface area (Å²) >= 11 is 0. The third kappa shape index (κ3) is 2.81. The van der Waals surface area contributed by atoms with E-state index in [-0.39, 0.29) is 12.0 Å². The summed E-state index contributed by atoms with van der Waals surface area (Å²) < 4.78 is 4.32. The van der Waals surface area contributed by atoms with Gasteiger partial charge in [-0.05, 0) is 0 Å². The van der Waals surface area contributed by atoms with Crippen LogP contribution in [0.1, 0.15) is 6.42 Å². The minimum absolute atomic E-state index is 0.00662. The molecule has 0 aliphatic carbocycles. The fourth-order valence-electron chi connectivity index (χ4n) is 0.343. The Morgan fingerprint density at radius 3 is 2.60 bits per heavy atom. The number of hydrogen-bond acceptors (Lipinski definition) is 3. The largest absolute Gasteiger partial charge is 0.432 e. The highest BCUT2D eigenvalue weighted by Crippen LogP contribution is 1.97. The van der Waals surface area contributed by atoms with Gasteiger partial charge in [0.2, 0.25) is 0 Å². The van der Waals surface area contributed by atoms with Gasteiger partial charge in [0.25, 0.3) is 0 Å². The highest BCUT2D eigenvalue weighted by Gasteiger charge is 2.04. The Kier molecular flexibility index (Phi) is 3.87. The molecule has 0 radical (unpaired) electrons. The van der Waals surface area contributed by atoms with Gasteiger partial charge in [0.1, 0.15) is 6.29 Å². The molecule has 0 bridgehead atoms. The smallest absolute Gasteiger partial charge is 0.338 e. The fourth-order valence-corrected chi connectivity index (χ4v) is 0.343. The lowest BCUT2D eigenvalue weighted by molar-refractivity contribution is -0.134. The molecule has 0 unspecified atom stereocenters. The quantitative estimate of drug-likeness (QED) is 0.251. The summed E-state index contributed by atoms with van der Waals surface area (Å²) in [4.78, 5) is 20.4. The highest BCUT2D eigenvalue weighted by atomic mass is 16.5. The third-order valence-corrected chi connectivity index (χ3v) is 0.809. The maximum Gasteiger partial charge on any atom is 0.338 e. The first kappa shape index (κ1) is 8.62.